The highest BCUT2D eigenvalue weighted by atomic mass is 19.4. The Balaban J connectivity index is 1.69. The molecule has 0 aliphatic rings. The highest BCUT2D eigenvalue weighted by molar-refractivity contribution is 5.85. The molecule has 0 fully saturated rings. The summed E-state index contributed by atoms with van der Waals surface area (Å²) in [6.45, 7) is 4.19. The summed E-state index contributed by atoms with van der Waals surface area (Å²) in [7, 11) is 0. The van der Waals surface area contributed by atoms with E-state index in [-0.39, 0.29) is 5.75 Å². The molecule has 8 heteroatoms. The molecular weight excluding hydrogens is 383 g/mol. The quantitative estimate of drug-likeness (QED) is 0.447. The molecule has 5 nitrogen and oxygen atoms in total. The van der Waals surface area contributed by atoms with E-state index in [1.54, 1.807) is 30.3 Å². The number of nitrogens with one attached hydrogen (secondary N) is 1. The third-order valence-corrected chi connectivity index (χ3v) is 4.32. The molecule has 0 saturated heterocycles. The average Bonchev–Trinajstić information content (AvgIpc) is 3.26. The topological polar surface area (TPSA) is 63.9 Å². The number of ether oxygens (including phenoxy) is 1. The molecule has 150 valence electrons. The van der Waals surface area contributed by atoms with Gasteiger partial charge in [0.05, 0.1) is 16.7 Å². The Morgan fingerprint density at radius 3 is 2.66 bits per heavy atom. The normalized spacial score (nSPS) is 12.1. The molecule has 29 heavy (non-hydrogen) atoms. The van der Waals surface area contributed by atoms with Gasteiger partial charge in [-0.2, -0.15) is 0 Å². The third-order valence-electron chi connectivity index (χ3n) is 4.32. The smallest absolute Gasteiger partial charge is 0.405 e. The lowest BCUT2D eigenvalue weighted by molar-refractivity contribution is -0.274. The number of benzene rings is 2. The summed E-state index contributed by atoms with van der Waals surface area (Å²) in [6, 6.07) is 13.0. The Bertz CT molecular complexity index is 1150. The SMILES string of the molecule is CC(C)Cc1cc(-c2nc3ccc(-c4ccccc4OC(F)(F)F)cc3[nH]2)on1. The first-order valence-corrected chi connectivity index (χ1v) is 9.09. The van der Waals surface area contributed by atoms with E-state index in [1.165, 1.54) is 12.1 Å². The maximum Gasteiger partial charge on any atom is 0.573 e. The molecule has 4 rings (SSSR count). The Hall–Kier alpha value is -3.29. The minimum Gasteiger partial charge on any atom is -0.405 e. The van der Waals surface area contributed by atoms with Crippen LogP contribution in [-0.4, -0.2) is 21.5 Å². The summed E-state index contributed by atoms with van der Waals surface area (Å²) in [4.78, 5) is 7.64. The molecule has 1 N–H and O–H groups in total. The molecule has 0 aliphatic carbocycles. The zero-order valence-corrected chi connectivity index (χ0v) is 15.7. The molecule has 2 aromatic heterocycles. The number of halogens is 3. The zero-order chi connectivity index (χ0) is 20.6. The second-order valence-corrected chi connectivity index (χ2v) is 7.14. The fourth-order valence-electron chi connectivity index (χ4n) is 3.15. The van der Waals surface area contributed by atoms with Gasteiger partial charge in [0, 0.05) is 11.6 Å². The highest BCUT2D eigenvalue weighted by Gasteiger charge is 2.32. The van der Waals surface area contributed by atoms with Crippen LogP contribution in [0.4, 0.5) is 13.2 Å². The van der Waals surface area contributed by atoms with E-state index in [0.29, 0.717) is 39.7 Å². The molecule has 0 saturated carbocycles. The largest absolute Gasteiger partial charge is 0.573 e. The number of rotatable bonds is 5. The third kappa shape index (κ3) is 4.26. The maximum atomic E-state index is 12.7. The van der Waals surface area contributed by atoms with Crippen LogP contribution in [0, 0.1) is 5.92 Å². The van der Waals surface area contributed by atoms with Crippen LogP contribution in [0.3, 0.4) is 0 Å². The first-order chi connectivity index (χ1) is 13.8. The van der Waals surface area contributed by atoms with Crippen LogP contribution >= 0.6 is 0 Å². The van der Waals surface area contributed by atoms with Crippen molar-refractivity contribution in [2.75, 3.05) is 0 Å². The first kappa shape index (κ1) is 19.0. The van der Waals surface area contributed by atoms with E-state index in [4.69, 9.17) is 4.52 Å². The van der Waals surface area contributed by atoms with Gasteiger partial charge in [-0.25, -0.2) is 4.98 Å². The van der Waals surface area contributed by atoms with Crippen LogP contribution in [0.5, 0.6) is 5.75 Å². The molecule has 0 spiro atoms. The molecule has 2 aromatic carbocycles. The lowest BCUT2D eigenvalue weighted by Gasteiger charge is -2.13. The van der Waals surface area contributed by atoms with E-state index in [9.17, 15) is 13.2 Å². The second kappa shape index (κ2) is 7.27. The fourth-order valence-corrected chi connectivity index (χ4v) is 3.15. The minimum absolute atomic E-state index is 0.257. The molecule has 0 radical (unpaired) electrons. The van der Waals surface area contributed by atoms with Crippen LogP contribution < -0.4 is 4.74 Å². The lowest BCUT2D eigenvalue weighted by Crippen LogP contribution is -2.17. The molecule has 0 amide bonds. The molecule has 2 heterocycles. The lowest BCUT2D eigenvalue weighted by atomic mass is 10.0. The van der Waals surface area contributed by atoms with Crippen molar-refractivity contribution in [3.8, 4) is 28.5 Å². The molecule has 0 bridgehead atoms. The second-order valence-electron chi connectivity index (χ2n) is 7.14. The number of aromatic nitrogens is 3. The van der Waals surface area contributed by atoms with E-state index >= 15 is 0 Å². The number of aromatic amines is 1. The highest BCUT2D eigenvalue weighted by Crippen LogP contribution is 2.35. The summed E-state index contributed by atoms with van der Waals surface area (Å²) < 4.78 is 47.7. The van der Waals surface area contributed by atoms with Gasteiger partial charge in [0.1, 0.15) is 5.75 Å². The number of alkyl halides is 3. The van der Waals surface area contributed by atoms with Gasteiger partial charge < -0.3 is 14.2 Å². The number of para-hydroxylation sites is 1. The predicted octanol–water partition coefficient (Wildman–Crippen LogP) is 5.98. The number of fused-ring (bicyclic) bond motifs is 1. The van der Waals surface area contributed by atoms with Crippen molar-refractivity contribution >= 4 is 11.0 Å². The van der Waals surface area contributed by atoms with Gasteiger partial charge in [-0.15, -0.1) is 13.2 Å². The van der Waals surface area contributed by atoms with Crippen molar-refractivity contribution in [1.29, 1.82) is 0 Å². The summed E-state index contributed by atoms with van der Waals surface area (Å²) in [5, 5.41) is 4.06. The van der Waals surface area contributed by atoms with Crippen LogP contribution in [0.15, 0.2) is 53.1 Å². The van der Waals surface area contributed by atoms with Crippen molar-refractivity contribution < 1.29 is 22.4 Å². The summed E-state index contributed by atoms with van der Waals surface area (Å²) >= 11 is 0. The molecule has 4 aromatic rings. The standard InChI is InChI=1S/C21H18F3N3O2/c1-12(2)9-14-11-19(29-27-14)20-25-16-8-7-13(10-17(16)26-20)15-5-3-4-6-18(15)28-21(22,23)24/h3-8,10-12H,9H2,1-2H3,(H,25,26). The maximum absolute atomic E-state index is 12.7. The Kier molecular flexibility index (Phi) is 4.77. The summed E-state index contributed by atoms with van der Waals surface area (Å²) in [5.41, 5.74) is 3.09. The number of hydrogen-bond acceptors (Lipinski definition) is 4. The van der Waals surface area contributed by atoms with Gasteiger partial charge in [-0.3, -0.25) is 0 Å². The minimum atomic E-state index is -4.76. The van der Waals surface area contributed by atoms with Gasteiger partial charge in [0.15, 0.2) is 5.82 Å². The van der Waals surface area contributed by atoms with Crippen molar-refractivity contribution in [3.63, 3.8) is 0 Å². The van der Waals surface area contributed by atoms with Crippen LogP contribution in [0.1, 0.15) is 19.5 Å². The van der Waals surface area contributed by atoms with Gasteiger partial charge in [-0.05, 0) is 36.1 Å². The molecule has 0 aliphatic heterocycles. The van der Waals surface area contributed by atoms with E-state index in [0.717, 1.165) is 12.1 Å². The van der Waals surface area contributed by atoms with Crippen LogP contribution in [-0.2, 0) is 6.42 Å². The Morgan fingerprint density at radius 2 is 1.90 bits per heavy atom. The van der Waals surface area contributed by atoms with Gasteiger partial charge >= 0.3 is 6.36 Å². The molecule has 0 unspecified atom stereocenters. The Labute approximate surface area is 164 Å². The zero-order valence-electron chi connectivity index (χ0n) is 15.7. The van der Waals surface area contributed by atoms with Gasteiger partial charge in [-0.1, -0.05) is 43.3 Å². The van der Waals surface area contributed by atoms with E-state index in [2.05, 4.69) is 33.7 Å². The van der Waals surface area contributed by atoms with E-state index in [1.807, 2.05) is 6.07 Å². The summed E-state index contributed by atoms with van der Waals surface area (Å²) in [6.07, 6.45) is -3.97. The number of imidazole rings is 1. The molecular formula is C21H18F3N3O2. The van der Waals surface area contributed by atoms with Gasteiger partial charge in [0.25, 0.3) is 0 Å². The van der Waals surface area contributed by atoms with Crippen molar-refractivity contribution in [2.45, 2.75) is 26.6 Å². The van der Waals surface area contributed by atoms with E-state index < -0.39 is 6.36 Å². The molecule has 0 atom stereocenters. The monoisotopic (exact) mass is 401 g/mol. The average molecular weight is 401 g/mol. The number of nitrogens with zero attached hydrogens (tertiary/aromatic N) is 2. The summed E-state index contributed by atoms with van der Waals surface area (Å²) in [5.74, 6) is 1.22. The first-order valence-electron chi connectivity index (χ1n) is 9.09. The van der Waals surface area contributed by atoms with Crippen molar-refractivity contribution in [3.05, 3.63) is 54.2 Å². The Morgan fingerprint density at radius 1 is 1.10 bits per heavy atom. The predicted molar refractivity (Wildman–Crippen MR) is 102 cm³/mol. The van der Waals surface area contributed by atoms with Crippen molar-refractivity contribution in [2.24, 2.45) is 5.92 Å². The van der Waals surface area contributed by atoms with Crippen LogP contribution in [0.25, 0.3) is 33.7 Å². The van der Waals surface area contributed by atoms with Gasteiger partial charge in [0.2, 0.25) is 5.76 Å². The number of H-pyrrole nitrogens is 1. The fraction of sp³-hybridized carbons (Fsp3) is 0.238. The number of hydrogen-bond donors (Lipinski definition) is 1. The van der Waals surface area contributed by atoms with Crippen LogP contribution in [0.2, 0.25) is 0 Å². The van der Waals surface area contributed by atoms with Crippen molar-refractivity contribution in [1.82, 2.24) is 15.1 Å².